The highest BCUT2D eigenvalue weighted by atomic mass is 127. The fourth-order valence-electron chi connectivity index (χ4n) is 1.75. The van der Waals surface area contributed by atoms with Crippen molar-refractivity contribution in [3.63, 3.8) is 0 Å². The molecule has 2 N–H and O–H groups in total. The highest BCUT2D eigenvalue weighted by Crippen LogP contribution is 2.11. The van der Waals surface area contributed by atoms with Crippen molar-refractivity contribution in [1.29, 1.82) is 0 Å². The van der Waals surface area contributed by atoms with Crippen LogP contribution in [-0.4, -0.2) is 39.3 Å². The number of hydrogen-bond acceptors (Lipinski definition) is 3. The number of methoxy groups -OCH3 is 1. The molecule has 0 aromatic heterocycles. The maximum absolute atomic E-state index is 5.63. The second kappa shape index (κ2) is 14.2. The van der Waals surface area contributed by atoms with Crippen LogP contribution in [0.1, 0.15) is 18.9 Å². The molecule has 0 aliphatic rings. The molecule has 0 heterocycles. The lowest BCUT2D eigenvalue weighted by Crippen LogP contribution is -2.37. The summed E-state index contributed by atoms with van der Waals surface area (Å²) in [6.45, 7) is 5.27. The normalized spacial score (nSPS) is 10.4. The van der Waals surface area contributed by atoms with E-state index in [-0.39, 0.29) is 24.0 Å². The first-order chi connectivity index (χ1) is 10.8. The maximum Gasteiger partial charge on any atom is 0.192 e. The second-order valence-corrected chi connectivity index (χ2v) is 4.57. The summed E-state index contributed by atoms with van der Waals surface area (Å²) in [7, 11) is 1.66. The summed E-state index contributed by atoms with van der Waals surface area (Å²) in [6.07, 6.45) is 6.08. The van der Waals surface area contributed by atoms with Crippen LogP contribution in [0, 0.1) is 12.3 Å². The van der Waals surface area contributed by atoms with Crippen LogP contribution in [0.5, 0.6) is 5.75 Å². The van der Waals surface area contributed by atoms with Gasteiger partial charge in [0.1, 0.15) is 5.75 Å². The summed E-state index contributed by atoms with van der Waals surface area (Å²) >= 11 is 0. The molecule has 0 aliphatic heterocycles. The minimum absolute atomic E-state index is 0. The van der Waals surface area contributed by atoms with E-state index in [0.29, 0.717) is 26.3 Å². The van der Waals surface area contributed by atoms with E-state index >= 15 is 0 Å². The van der Waals surface area contributed by atoms with E-state index < -0.39 is 0 Å². The van der Waals surface area contributed by atoms with Crippen LogP contribution in [0.2, 0.25) is 0 Å². The Balaban J connectivity index is 0.00000484. The highest BCUT2D eigenvalue weighted by Gasteiger charge is 1.96. The van der Waals surface area contributed by atoms with Crippen LogP contribution < -0.4 is 15.4 Å². The van der Waals surface area contributed by atoms with Crippen LogP contribution in [0.4, 0.5) is 0 Å². The molecule has 0 unspecified atom stereocenters. The average Bonchev–Trinajstić information content (AvgIpc) is 2.56. The molecule has 128 valence electrons. The maximum atomic E-state index is 5.63. The van der Waals surface area contributed by atoms with Gasteiger partial charge in [-0.25, -0.2) is 0 Å². The van der Waals surface area contributed by atoms with E-state index in [1.807, 2.05) is 31.2 Å². The Hall–Kier alpha value is -1.46. The molecule has 6 heteroatoms. The minimum Gasteiger partial charge on any atom is -0.497 e. The molecule has 0 saturated carbocycles. The van der Waals surface area contributed by atoms with Crippen molar-refractivity contribution in [3.8, 4) is 18.1 Å². The van der Waals surface area contributed by atoms with Gasteiger partial charge in [-0.05, 0) is 31.0 Å². The van der Waals surface area contributed by atoms with E-state index in [1.165, 1.54) is 0 Å². The number of benzene rings is 1. The summed E-state index contributed by atoms with van der Waals surface area (Å²) in [4.78, 5) is 4.42. The molecule has 23 heavy (non-hydrogen) atoms. The van der Waals surface area contributed by atoms with Crippen molar-refractivity contribution in [2.75, 3.05) is 33.4 Å². The molecular formula is C17H26IN3O2. The summed E-state index contributed by atoms with van der Waals surface area (Å²) in [6, 6.07) is 7.87. The van der Waals surface area contributed by atoms with Crippen molar-refractivity contribution in [3.05, 3.63) is 29.8 Å². The molecule has 0 radical (unpaired) electrons. The minimum atomic E-state index is 0. The number of aliphatic imine (C=N–C) groups is 1. The molecule has 1 aromatic carbocycles. The van der Waals surface area contributed by atoms with Crippen molar-refractivity contribution >= 4 is 29.9 Å². The van der Waals surface area contributed by atoms with E-state index in [1.54, 1.807) is 7.11 Å². The van der Waals surface area contributed by atoms with Gasteiger partial charge < -0.3 is 20.1 Å². The zero-order valence-corrected chi connectivity index (χ0v) is 16.1. The standard InChI is InChI=1S/C17H25N3O2.HI/c1-4-11-19-17(18-5-2)20-12-6-13-22-14-15-7-9-16(21-3)10-8-15;/h1,7-10H,5-6,11-14H2,2-3H3,(H2,18,19,20);1H. The molecular weight excluding hydrogens is 405 g/mol. The fourth-order valence-corrected chi connectivity index (χ4v) is 1.75. The molecule has 1 aromatic rings. The third-order valence-corrected chi connectivity index (χ3v) is 2.85. The van der Waals surface area contributed by atoms with Crippen LogP contribution in [0.15, 0.2) is 29.3 Å². The van der Waals surface area contributed by atoms with Gasteiger partial charge in [0.05, 0.1) is 20.3 Å². The topological polar surface area (TPSA) is 54.9 Å². The molecule has 0 bridgehead atoms. The first-order valence-corrected chi connectivity index (χ1v) is 7.46. The van der Waals surface area contributed by atoms with Gasteiger partial charge in [0.25, 0.3) is 0 Å². The van der Waals surface area contributed by atoms with E-state index in [0.717, 1.165) is 30.2 Å². The second-order valence-electron chi connectivity index (χ2n) is 4.57. The van der Waals surface area contributed by atoms with Crippen molar-refractivity contribution < 1.29 is 9.47 Å². The van der Waals surface area contributed by atoms with Crippen molar-refractivity contribution in [1.82, 2.24) is 10.6 Å². The molecule has 0 aliphatic carbocycles. The Morgan fingerprint density at radius 1 is 1.26 bits per heavy atom. The van der Waals surface area contributed by atoms with Gasteiger partial charge in [-0.3, -0.25) is 4.99 Å². The molecule has 0 atom stereocenters. The third-order valence-electron chi connectivity index (χ3n) is 2.85. The fraction of sp³-hybridized carbons (Fsp3) is 0.471. The highest BCUT2D eigenvalue weighted by molar-refractivity contribution is 14.0. The molecule has 5 nitrogen and oxygen atoms in total. The first-order valence-electron chi connectivity index (χ1n) is 7.46. The van der Waals surface area contributed by atoms with Crippen molar-refractivity contribution in [2.24, 2.45) is 4.99 Å². The Bertz CT molecular complexity index is 484. The van der Waals surface area contributed by atoms with E-state index in [2.05, 4.69) is 21.5 Å². The largest absolute Gasteiger partial charge is 0.497 e. The summed E-state index contributed by atoms with van der Waals surface area (Å²) in [5, 5.41) is 6.18. The lowest BCUT2D eigenvalue weighted by atomic mass is 10.2. The predicted molar refractivity (Wildman–Crippen MR) is 105 cm³/mol. The number of nitrogens with zero attached hydrogens (tertiary/aromatic N) is 1. The third kappa shape index (κ3) is 10.0. The van der Waals surface area contributed by atoms with Gasteiger partial charge in [-0.1, -0.05) is 18.1 Å². The van der Waals surface area contributed by atoms with Gasteiger partial charge in [0.2, 0.25) is 0 Å². The van der Waals surface area contributed by atoms with Crippen LogP contribution in [-0.2, 0) is 11.3 Å². The lowest BCUT2D eigenvalue weighted by molar-refractivity contribution is 0.120. The monoisotopic (exact) mass is 431 g/mol. The molecule has 0 fully saturated rings. The molecule has 1 rings (SSSR count). The number of rotatable bonds is 9. The number of hydrogen-bond donors (Lipinski definition) is 2. The number of ether oxygens (including phenoxy) is 2. The number of halogens is 1. The van der Waals surface area contributed by atoms with Crippen LogP contribution in [0.25, 0.3) is 0 Å². The Kier molecular flexibility index (Phi) is 13.3. The van der Waals surface area contributed by atoms with Gasteiger partial charge in [0.15, 0.2) is 5.96 Å². The SMILES string of the molecule is C#CCNC(=NCCCOCc1ccc(OC)cc1)NCC.I. The first kappa shape index (κ1) is 21.5. The van der Waals surface area contributed by atoms with Gasteiger partial charge in [-0.2, -0.15) is 0 Å². The molecule has 0 amide bonds. The van der Waals surface area contributed by atoms with E-state index in [4.69, 9.17) is 15.9 Å². The number of guanidine groups is 1. The Morgan fingerprint density at radius 3 is 2.61 bits per heavy atom. The zero-order chi connectivity index (χ0) is 16.0. The predicted octanol–water partition coefficient (Wildman–Crippen LogP) is 2.41. The Labute approximate surface area is 156 Å². The van der Waals surface area contributed by atoms with Crippen LogP contribution in [0.3, 0.4) is 0 Å². The van der Waals surface area contributed by atoms with Crippen LogP contribution >= 0.6 is 24.0 Å². The molecule has 0 spiro atoms. The molecule has 0 saturated heterocycles. The zero-order valence-electron chi connectivity index (χ0n) is 13.8. The van der Waals surface area contributed by atoms with E-state index in [9.17, 15) is 0 Å². The lowest BCUT2D eigenvalue weighted by Gasteiger charge is -2.09. The Morgan fingerprint density at radius 2 is 2.00 bits per heavy atom. The number of terminal acetylenes is 1. The summed E-state index contributed by atoms with van der Waals surface area (Å²) in [5.41, 5.74) is 1.13. The van der Waals surface area contributed by atoms with Gasteiger partial charge in [-0.15, -0.1) is 30.4 Å². The van der Waals surface area contributed by atoms with Crippen molar-refractivity contribution in [2.45, 2.75) is 20.0 Å². The summed E-state index contributed by atoms with van der Waals surface area (Å²) < 4.78 is 10.8. The van der Waals surface area contributed by atoms with Gasteiger partial charge >= 0.3 is 0 Å². The quantitative estimate of drug-likeness (QED) is 0.207. The average molecular weight is 431 g/mol. The summed E-state index contributed by atoms with van der Waals surface area (Å²) in [5.74, 6) is 4.13. The smallest absolute Gasteiger partial charge is 0.192 e. The number of nitrogens with one attached hydrogen (secondary N) is 2. The van der Waals surface area contributed by atoms with Gasteiger partial charge in [0, 0.05) is 19.7 Å².